The fourth-order valence-corrected chi connectivity index (χ4v) is 4.48. The third-order valence-electron chi connectivity index (χ3n) is 6.63. The molecule has 0 aliphatic carbocycles. The van der Waals surface area contributed by atoms with Crippen molar-refractivity contribution in [2.75, 3.05) is 43.4 Å². The Morgan fingerprint density at radius 3 is 2.67 bits per heavy atom. The first-order valence-corrected chi connectivity index (χ1v) is 12.1. The highest BCUT2D eigenvalue weighted by atomic mass is 15.3. The van der Waals surface area contributed by atoms with Crippen LogP contribution in [0.2, 0.25) is 0 Å². The Kier molecular flexibility index (Phi) is 5.57. The van der Waals surface area contributed by atoms with Gasteiger partial charge in [-0.3, -0.25) is 15.1 Å². The minimum Gasteiger partial charge on any atom is -0.366 e. The van der Waals surface area contributed by atoms with E-state index >= 15 is 0 Å². The van der Waals surface area contributed by atoms with E-state index in [0.29, 0.717) is 11.5 Å². The van der Waals surface area contributed by atoms with Gasteiger partial charge in [-0.05, 0) is 31.7 Å². The van der Waals surface area contributed by atoms with E-state index in [2.05, 4.69) is 60.8 Å². The smallest absolute Gasteiger partial charge is 0.161 e. The van der Waals surface area contributed by atoms with Crippen molar-refractivity contribution >= 4 is 33.4 Å². The molecule has 1 saturated heterocycles. The summed E-state index contributed by atoms with van der Waals surface area (Å²) < 4.78 is 0. The Morgan fingerprint density at radius 1 is 1.00 bits per heavy atom. The maximum Gasteiger partial charge on any atom is 0.161 e. The molecule has 0 amide bonds. The van der Waals surface area contributed by atoms with Gasteiger partial charge in [0, 0.05) is 43.6 Å². The van der Waals surface area contributed by atoms with Crippen LogP contribution in [0, 0.1) is 0 Å². The first-order chi connectivity index (χ1) is 17.6. The molecule has 0 spiro atoms. The molecule has 36 heavy (non-hydrogen) atoms. The van der Waals surface area contributed by atoms with Crippen LogP contribution >= 0.6 is 0 Å². The van der Waals surface area contributed by atoms with Crippen LogP contribution in [-0.4, -0.2) is 73.2 Å². The van der Waals surface area contributed by atoms with Crippen molar-refractivity contribution in [3.05, 3.63) is 55.3 Å². The fourth-order valence-electron chi connectivity index (χ4n) is 4.48. The molecule has 182 valence electrons. The standard InChI is InChI=1S/C26H28N10/c1-4-16(2)29-18-11-17(12-27-13-18)19-5-6-20-24(30-19)25(34-33-20)26-31-21-14-28-15-22(23(21)32-26)36-9-7-35(3)8-10-36/h5-6,11-15,29H,2,4,7-10H2,1,3H3,(H,31,32)(H,33,34). The summed E-state index contributed by atoms with van der Waals surface area (Å²) in [5.74, 6) is 0.664. The number of hydrogen-bond acceptors (Lipinski definition) is 8. The summed E-state index contributed by atoms with van der Waals surface area (Å²) >= 11 is 0. The quantitative estimate of drug-likeness (QED) is 0.334. The number of imidazole rings is 1. The molecular weight excluding hydrogens is 452 g/mol. The summed E-state index contributed by atoms with van der Waals surface area (Å²) in [6.07, 6.45) is 8.15. The highest BCUT2D eigenvalue weighted by molar-refractivity contribution is 5.94. The molecule has 1 fully saturated rings. The predicted molar refractivity (Wildman–Crippen MR) is 143 cm³/mol. The molecule has 0 atom stereocenters. The van der Waals surface area contributed by atoms with Crippen LogP contribution in [0.15, 0.2) is 55.3 Å². The van der Waals surface area contributed by atoms with Crippen LogP contribution in [0.1, 0.15) is 13.3 Å². The second-order valence-electron chi connectivity index (χ2n) is 9.14. The van der Waals surface area contributed by atoms with Gasteiger partial charge in [-0.15, -0.1) is 0 Å². The topological polar surface area (TPSA) is 115 Å². The summed E-state index contributed by atoms with van der Waals surface area (Å²) in [6.45, 7) is 10.0. The molecule has 0 saturated carbocycles. The van der Waals surface area contributed by atoms with Gasteiger partial charge in [-0.1, -0.05) is 13.5 Å². The monoisotopic (exact) mass is 480 g/mol. The number of aromatic nitrogens is 7. The van der Waals surface area contributed by atoms with Gasteiger partial charge in [0.2, 0.25) is 0 Å². The van der Waals surface area contributed by atoms with Crippen molar-refractivity contribution in [2.45, 2.75) is 13.3 Å². The summed E-state index contributed by atoms with van der Waals surface area (Å²) in [5, 5.41) is 10.9. The van der Waals surface area contributed by atoms with E-state index in [1.54, 1.807) is 6.20 Å². The highest BCUT2D eigenvalue weighted by Gasteiger charge is 2.21. The number of anilines is 2. The number of nitrogens with one attached hydrogen (secondary N) is 3. The second-order valence-corrected chi connectivity index (χ2v) is 9.14. The third kappa shape index (κ3) is 4.05. The SMILES string of the molecule is C=C(CC)Nc1cncc(-c2ccc3[nH]nc(-c4nc5c(N6CCN(C)CC6)cncc5[nH]4)c3n2)c1. The van der Waals surface area contributed by atoms with Gasteiger partial charge in [-0.2, -0.15) is 5.10 Å². The minimum atomic E-state index is 0.664. The summed E-state index contributed by atoms with van der Waals surface area (Å²) in [6, 6.07) is 5.98. The number of pyridine rings is 3. The number of rotatable bonds is 6. The van der Waals surface area contributed by atoms with E-state index in [0.717, 1.165) is 83.0 Å². The molecule has 5 aromatic heterocycles. The summed E-state index contributed by atoms with van der Waals surface area (Å²) in [7, 11) is 2.15. The second kappa shape index (κ2) is 9.04. The van der Waals surface area contributed by atoms with Gasteiger partial charge in [0.1, 0.15) is 11.0 Å². The van der Waals surface area contributed by atoms with Gasteiger partial charge in [0.05, 0.1) is 46.7 Å². The average molecular weight is 481 g/mol. The molecule has 0 unspecified atom stereocenters. The number of allylic oxidation sites excluding steroid dienone is 1. The zero-order valence-electron chi connectivity index (χ0n) is 20.4. The molecular formula is C26H28N10. The molecule has 1 aliphatic heterocycles. The maximum absolute atomic E-state index is 4.95. The van der Waals surface area contributed by atoms with Gasteiger partial charge in [0.15, 0.2) is 11.5 Å². The fraction of sp³-hybridized carbons (Fsp3) is 0.269. The van der Waals surface area contributed by atoms with Crippen LogP contribution < -0.4 is 10.2 Å². The van der Waals surface area contributed by atoms with Crippen LogP contribution in [0.25, 0.3) is 44.8 Å². The summed E-state index contributed by atoms with van der Waals surface area (Å²) in [4.78, 5) is 26.8. The van der Waals surface area contributed by atoms with Crippen molar-refractivity contribution < 1.29 is 0 Å². The minimum absolute atomic E-state index is 0.664. The lowest BCUT2D eigenvalue weighted by molar-refractivity contribution is 0.313. The number of likely N-dealkylation sites (N-methyl/N-ethyl adjacent to an activating group) is 1. The molecule has 6 heterocycles. The normalized spacial score (nSPS) is 14.6. The van der Waals surface area contributed by atoms with Crippen molar-refractivity contribution in [1.29, 1.82) is 0 Å². The van der Waals surface area contributed by atoms with Gasteiger partial charge in [-0.25, -0.2) is 9.97 Å². The van der Waals surface area contributed by atoms with Crippen molar-refractivity contribution in [1.82, 2.24) is 40.0 Å². The largest absolute Gasteiger partial charge is 0.366 e. The molecule has 5 aromatic rings. The van der Waals surface area contributed by atoms with Crippen molar-refractivity contribution in [3.63, 3.8) is 0 Å². The maximum atomic E-state index is 4.95. The number of piperazine rings is 1. The molecule has 0 aromatic carbocycles. The van der Waals surface area contributed by atoms with E-state index in [-0.39, 0.29) is 0 Å². The Labute approximate surface area is 208 Å². The first-order valence-electron chi connectivity index (χ1n) is 12.1. The molecule has 10 heteroatoms. The van der Waals surface area contributed by atoms with Crippen molar-refractivity contribution in [2.24, 2.45) is 0 Å². The summed E-state index contributed by atoms with van der Waals surface area (Å²) in [5.41, 5.74) is 8.62. The van der Waals surface area contributed by atoms with E-state index in [1.165, 1.54) is 0 Å². The van der Waals surface area contributed by atoms with Gasteiger partial charge >= 0.3 is 0 Å². The Balaban J connectivity index is 1.38. The van der Waals surface area contributed by atoms with Crippen LogP contribution in [0.4, 0.5) is 11.4 Å². The van der Waals surface area contributed by atoms with Crippen LogP contribution in [0.5, 0.6) is 0 Å². The number of aromatic amines is 2. The van der Waals surface area contributed by atoms with Crippen molar-refractivity contribution in [3.8, 4) is 22.8 Å². The van der Waals surface area contributed by atoms with Gasteiger partial charge < -0.3 is 20.1 Å². The average Bonchev–Trinajstić information content (AvgIpc) is 3.53. The van der Waals surface area contributed by atoms with Gasteiger partial charge in [0.25, 0.3) is 0 Å². The zero-order valence-corrected chi connectivity index (χ0v) is 20.4. The zero-order chi connectivity index (χ0) is 24.6. The molecule has 6 rings (SSSR count). The molecule has 3 N–H and O–H groups in total. The van der Waals surface area contributed by atoms with E-state index in [4.69, 9.17) is 9.97 Å². The van der Waals surface area contributed by atoms with Crippen LogP contribution in [0.3, 0.4) is 0 Å². The Bertz CT molecular complexity index is 1560. The predicted octanol–water partition coefficient (Wildman–Crippen LogP) is 4.05. The van der Waals surface area contributed by atoms with E-state index in [1.807, 2.05) is 36.8 Å². The highest BCUT2D eigenvalue weighted by Crippen LogP contribution is 2.31. The number of fused-ring (bicyclic) bond motifs is 2. The molecule has 1 aliphatic rings. The van der Waals surface area contributed by atoms with E-state index < -0.39 is 0 Å². The van der Waals surface area contributed by atoms with Crippen LogP contribution in [-0.2, 0) is 0 Å². The lowest BCUT2D eigenvalue weighted by Crippen LogP contribution is -2.44. The number of H-pyrrole nitrogens is 2. The number of nitrogens with zero attached hydrogens (tertiary/aromatic N) is 7. The first kappa shape index (κ1) is 22.2. The lowest BCUT2D eigenvalue weighted by atomic mass is 10.1. The molecule has 10 nitrogen and oxygen atoms in total. The Morgan fingerprint density at radius 2 is 1.83 bits per heavy atom. The van der Waals surface area contributed by atoms with E-state index in [9.17, 15) is 0 Å². The number of hydrogen-bond donors (Lipinski definition) is 3. The molecule has 0 bridgehead atoms. The Hall–Kier alpha value is -4.31. The lowest BCUT2D eigenvalue weighted by Gasteiger charge is -2.33. The third-order valence-corrected chi connectivity index (χ3v) is 6.63. The molecule has 0 radical (unpaired) electrons.